The van der Waals surface area contributed by atoms with E-state index in [9.17, 15) is 9.90 Å². The van der Waals surface area contributed by atoms with Crippen molar-refractivity contribution in [1.29, 1.82) is 0 Å². The highest BCUT2D eigenvalue weighted by Crippen LogP contribution is 2.43. The van der Waals surface area contributed by atoms with Crippen LogP contribution in [-0.4, -0.2) is 62.3 Å². The van der Waals surface area contributed by atoms with Crippen molar-refractivity contribution < 1.29 is 33.6 Å². The first-order chi connectivity index (χ1) is 9.80. The number of hydrogen-bond donors (Lipinski definition) is 1. The molecule has 21 heavy (non-hydrogen) atoms. The van der Waals surface area contributed by atoms with Gasteiger partial charge in [0.25, 0.3) is 0 Å². The Bertz CT molecular complexity index is 449. The molecule has 2 rings (SSSR count). The number of fused-ring (bicyclic) bond motifs is 1. The van der Waals surface area contributed by atoms with Crippen molar-refractivity contribution in [1.82, 2.24) is 0 Å². The standard InChI is InChI=1S/C14H22O7/c1-13(18-4)14(2,19-5)21-11-9(15)6-8(12(16)17-3)7-10(11)20-13/h6,9-11,15H,7H2,1-5H3/t9-,10+,11+,13-,14-/m0/s1. The third kappa shape index (κ3) is 2.60. The lowest BCUT2D eigenvalue weighted by Gasteiger charge is -2.53. The second-order valence-corrected chi connectivity index (χ2v) is 5.42. The summed E-state index contributed by atoms with van der Waals surface area (Å²) < 4.78 is 27.3. The van der Waals surface area contributed by atoms with Gasteiger partial charge in [-0.05, 0) is 19.9 Å². The topological polar surface area (TPSA) is 83.5 Å². The Morgan fingerprint density at radius 3 is 2.33 bits per heavy atom. The summed E-state index contributed by atoms with van der Waals surface area (Å²) in [5.74, 6) is -2.84. The molecule has 0 unspecified atom stereocenters. The van der Waals surface area contributed by atoms with Crippen molar-refractivity contribution >= 4 is 5.97 Å². The zero-order valence-electron chi connectivity index (χ0n) is 12.9. The van der Waals surface area contributed by atoms with Crippen LogP contribution < -0.4 is 0 Å². The lowest BCUT2D eigenvalue weighted by molar-refractivity contribution is -0.453. The summed E-state index contributed by atoms with van der Waals surface area (Å²) in [6.07, 6.45) is -0.470. The summed E-state index contributed by atoms with van der Waals surface area (Å²) in [5, 5.41) is 10.2. The highest BCUT2D eigenvalue weighted by molar-refractivity contribution is 5.88. The molecule has 7 nitrogen and oxygen atoms in total. The van der Waals surface area contributed by atoms with Gasteiger partial charge in [0.15, 0.2) is 0 Å². The number of esters is 1. The van der Waals surface area contributed by atoms with Crippen molar-refractivity contribution in [3.05, 3.63) is 11.6 Å². The smallest absolute Gasteiger partial charge is 0.333 e. The van der Waals surface area contributed by atoms with Gasteiger partial charge in [-0.3, -0.25) is 0 Å². The molecule has 5 atom stereocenters. The van der Waals surface area contributed by atoms with E-state index in [1.165, 1.54) is 27.4 Å². The molecule has 0 spiro atoms. The molecule has 2 aliphatic rings. The van der Waals surface area contributed by atoms with Crippen LogP contribution in [-0.2, 0) is 28.5 Å². The molecule has 1 heterocycles. The number of rotatable bonds is 3. The summed E-state index contributed by atoms with van der Waals surface area (Å²) in [6, 6.07) is 0. The lowest BCUT2D eigenvalue weighted by atomic mass is 9.89. The van der Waals surface area contributed by atoms with Crippen LogP contribution in [0.3, 0.4) is 0 Å². The van der Waals surface area contributed by atoms with Crippen molar-refractivity contribution in [3.63, 3.8) is 0 Å². The average Bonchev–Trinajstić information content (AvgIpc) is 2.48. The predicted octanol–water partition coefficient (Wildman–Crippen LogP) is 0.360. The second kappa shape index (κ2) is 5.66. The van der Waals surface area contributed by atoms with E-state index >= 15 is 0 Å². The third-order valence-electron chi connectivity index (χ3n) is 4.28. The highest BCUT2D eigenvalue weighted by atomic mass is 16.8. The van der Waals surface area contributed by atoms with Gasteiger partial charge in [0.2, 0.25) is 11.6 Å². The first-order valence-corrected chi connectivity index (χ1v) is 6.73. The average molecular weight is 302 g/mol. The van der Waals surface area contributed by atoms with Crippen molar-refractivity contribution in [2.75, 3.05) is 21.3 Å². The van der Waals surface area contributed by atoms with Gasteiger partial charge < -0.3 is 28.8 Å². The minimum Gasteiger partial charge on any atom is -0.466 e. The molecule has 0 aromatic rings. The van der Waals surface area contributed by atoms with E-state index in [2.05, 4.69) is 4.74 Å². The molecule has 0 bridgehead atoms. The summed E-state index contributed by atoms with van der Waals surface area (Å²) in [6.45, 7) is 3.37. The van der Waals surface area contributed by atoms with E-state index in [0.29, 0.717) is 5.57 Å². The zero-order chi connectivity index (χ0) is 15.8. The summed E-state index contributed by atoms with van der Waals surface area (Å²) in [5.41, 5.74) is 0.356. The summed E-state index contributed by atoms with van der Waals surface area (Å²) in [4.78, 5) is 11.6. The molecule has 1 saturated heterocycles. The van der Waals surface area contributed by atoms with E-state index in [1.807, 2.05) is 0 Å². The predicted molar refractivity (Wildman–Crippen MR) is 71.3 cm³/mol. The Morgan fingerprint density at radius 1 is 1.24 bits per heavy atom. The van der Waals surface area contributed by atoms with Gasteiger partial charge in [0.1, 0.15) is 12.2 Å². The van der Waals surface area contributed by atoms with E-state index < -0.39 is 35.9 Å². The van der Waals surface area contributed by atoms with Crippen LogP contribution >= 0.6 is 0 Å². The molecule has 1 N–H and O–H groups in total. The molecule has 120 valence electrons. The van der Waals surface area contributed by atoms with Gasteiger partial charge in [0.05, 0.1) is 13.2 Å². The fraction of sp³-hybridized carbons (Fsp3) is 0.786. The van der Waals surface area contributed by atoms with Crippen molar-refractivity contribution in [2.45, 2.75) is 50.2 Å². The van der Waals surface area contributed by atoms with Gasteiger partial charge in [-0.15, -0.1) is 0 Å². The Balaban J connectivity index is 2.30. The molecular formula is C14H22O7. The van der Waals surface area contributed by atoms with Crippen LogP contribution in [0.1, 0.15) is 20.3 Å². The van der Waals surface area contributed by atoms with Gasteiger partial charge in [-0.1, -0.05) is 0 Å². The van der Waals surface area contributed by atoms with Crippen LogP contribution in [0, 0.1) is 0 Å². The Kier molecular flexibility index (Phi) is 4.41. The molecule has 7 heteroatoms. The number of hydrogen-bond acceptors (Lipinski definition) is 7. The maximum atomic E-state index is 11.6. The first-order valence-electron chi connectivity index (χ1n) is 6.73. The molecule has 0 amide bonds. The molecular weight excluding hydrogens is 280 g/mol. The number of aliphatic hydroxyl groups is 1. The molecule has 1 fully saturated rings. The maximum Gasteiger partial charge on any atom is 0.333 e. The van der Waals surface area contributed by atoms with Crippen LogP contribution in [0.4, 0.5) is 0 Å². The fourth-order valence-electron chi connectivity index (χ4n) is 2.69. The normalized spacial score (nSPS) is 43.0. The molecule has 1 aliphatic heterocycles. The van der Waals surface area contributed by atoms with Gasteiger partial charge in [-0.25, -0.2) is 4.79 Å². The lowest BCUT2D eigenvalue weighted by Crippen LogP contribution is -2.67. The first kappa shape index (κ1) is 16.4. The Labute approximate surface area is 123 Å². The van der Waals surface area contributed by atoms with Crippen molar-refractivity contribution in [3.8, 4) is 0 Å². The van der Waals surface area contributed by atoms with E-state index in [-0.39, 0.29) is 6.42 Å². The number of methoxy groups -OCH3 is 3. The van der Waals surface area contributed by atoms with E-state index in [4.69, 9.17) is 18.9 Å². The highest BCUT2D eigenvalue weighted by Gasteiger charge is 2.58. The van der Waals surface area contributed by atoms with Crippen LogP contribution in [0.2, 0.25) is 0 Å². The molecule has 0 radical (unpaired) electrons. The largest absolute Gasteiger partial charge is 0.466 e. The monoisotopic (exact) mass is 302 g/mol. The summed E-state index contributed by atoms with van der Waals surface area (Å²) >= 11 is 0. The van der Waals surface area contributed by atoms with E-state index in [1.54, 1.807) is 13.8 Å². The fourth-order valence-corrected chi connectivity index (χ4v) is 2.69. The zero-order valence-corrected chi connectivity index (χ0v) is 12.9. The summed E-state index contributed by atoms with van der Waals surface area (Å²) in [7, 11) is 4.25. The number of ether oxygens (including phenoxy) is 5. The molecule has 1 aliphatic carbocycles. The molecule has 0 aromatic carbocycles. The van der Waals surface area contributed by atoms with Gasteiger partial charge in [0, 0.05) is 26.2 Å². The minimum absolute atomic E-state index is 0.271. The second-order valence-electron chi connectivity index (χ2n) is 5.42. The Hall–Kier alpha value is -0.990. The van der Waals surface area contributed by atoms with Gasteiger partial charge in [-0.2, -0.15) is 0 Å². The molecule has 0 saturated carbocycles. The SMILES string of the molecule is COC(=O)C1=C[C@H](O)[C@H]2O[C@](C)(OC)[C@@](C)(OC)O[C@@H]2C1. The van der Waals surface area contributed by atoms with E-state index in [0.717, 1.165) is 0 Å². The quantitative estimate of drug-likeness (QED) is 0.754. The van der Waals surface area contributed by atoms with Crippen molar-refractivity contribution in [2.24, 2.45) is 0 Å². The maximum absolute atomic E-state index is 11.6. The minimum atomic E-state index is -1.18. The number of carbonyl (C=O) groups is 1. The van der Waals surface area contributed by atoms with Crippen LogP contribution in [0.5, 0.6) is 0 Å². The number of carbonyl (C=O) groups excluding carboxylic acids is 1. The van der Waals surface area contributed by atoms with Gasteiger partial charge >= 0.3 is 5.97 Å². The van der Waals surface area contributed by atoms with Crippen LogP contribution in [0.25, 0.3) is 0 Å². The number of aliphatic hydroxyl groups excluding tert-OH is 1. The molecule has 0 aromatic heterocycles. The Morgan fingerprint density at radius 2 is 1.81 bits per heavy atom. The van der Waals surface area contributed by atoms with Crippen LogP contribution in [0.15, 0.2) is 11.6 Å². The third-order valence-corrected chi connectivity index (χ3v) is 4.28.